The molecule has 0 radical (unpaired) electrons. The van der Waals surface area contributed by atoms with Crippen molar-refractivity contribution < 1.29 is 19.0 Å². The molecule has 3 atom stereocenters. The van der Waals surface area contributed by atoms with Crippen LogP contribution in [0, 0.1) is 17.7 Å². The van der Waals surface area contributed by atoms with Gasteiger partial charge >= 0.3 is 0 Å². The second-order valence-corrected chi connectivity index (χ2v) is 8.56. The first-order chi connectivity index (χ1) is 14.7. The van der Waals surface area contributed by atoms with Gasteiger partial charge in [0, 0.05) is 37.3 Å². The third-order valence-electron chi connectivity index (χ3n) is 6.88. The molecule has 158 valence electrons. The fourth-order valence-corrected chi connectivity index (χ4v) is 5.34. The number of halogens is 1. The monoisotopic (exact) mass is 410 g/mol. The van der Waals surface area contributed by atoms with Gasteiger partial charge in [-0.15, -0.1) is 0 Å². The summed E-state index contributed by atoms with van der Waals surface area (Å²) in [5, 5.41) is 13.4. The van der Waals surface area contributed by atoms with E-state index in [1.807, 2.05) is 23.1 Å². The van der Waals surface area contributed by atoms with E-state index >= 15 is 0 Å². The van der Waals surface area contributed by atoms with Gasteiger partial charge in [-0.25, -0.2) is 4.39 Å². The van der Waals surface area contributed by atoms with Gasteiger partial charge in [-0.2, -0.15) is 0 Å². The number of nitrogens with zero attached hydrogens (tertiary/aromatic N) is 1. The Kier molecular flexibility index (Phi) is 5.21. The van der Waals surface area contributed by atoms with E-state index in [4.69, 9.17) is 4.74 Å². The Morgan fingerprint density at radius 1 is 1.13 bits per heavy atom. The molecule has 3 aliphatic heterocycles. The molecule has 2 fully saturated rings. The number of fused-ring (bicyclic) bond motifs is 3. The van der Waals surface area contributed by atoms with Crippen LogP contribution in [0.5, 0.6) is 0 Å². The molecule has 2 aromatic rings. The van der Waals surface area contributed by atoms with Gasteiger partial charge in [0.15, 0.2) is 0 Å². The molecule has 3 aliphatic rings. The maximum Gasteiger partial charge on any atom is 0.226 e. The van der Waals surface area contributed by atoms with Gasteiger partial charge in [-0.05, 0) is 60.2 Å². The first kappa shape index (κ1) is 19.5. The molecule has 0 saturated carbocycles. The zero-order valence-electron chi connectivity index (χ0n) is 16.9. The largest absolute Gasteiger partial charge is 0.394 e. The molecule has 0 bridgehead atoms. The van der Waals surface area contributed by atoms with Gasteiger partial charge in [0.2, 0.25) is 5.91 Å². The van der Waals surface area contributed by atoms with Gasteiger partial charge in [0.1, 0.15) is 5.82 Å². The van der Waals surface area contributed by atoms with E-state index in [-0.39, 0.29) is 42.3 Å². The van der Waals surface area contributed by atoms with Crippen molar-refractivity contribution in [2.45, 2.75) is 31.3 Å². The lowest BCUT2D eigenvalue weighted by atomic mass is 9.82. The highest BCUT2D eigenvalue weighted by Crippen LogP contribution is 2.48. The summed E-state index contributed by atoms with van der Waals surface area (Å²) >= 11 is 0. The molecule has 2 N–H and O–H groups in total. The highest BCUT2D eigenvalue weighted by molar-refractivity contribution is 5.81. The Labute approximate surface area is 175 Å². The minimum atomic E-state index is -0.265. The zero-order valence-corrected chi connectivity index (χ0v) is 16.9. The number of carbonyl (C=O) groups is 1. The van der Waals surface area contributed by atoms with Crippen LogP contribution in [0.3, 0.4) is 0 Å². The smallest absolute Gasteiger partial charge is 0.226 e. The van der Waals surface area contributed by atoms with Gasteiger partial charge in [-0.3, -0.25) is 4.79 Å². The minimum Gasteiger partial charge on any atom is -0.394 e. The maximum absolute atomic E-state index is 13.8. The Balaban J connectivity index is 1.53. The minimum absolute atomic E-state index is 0.00909. The summed E-state index contributed by atoms with van der Waals surface area (Å²) in [7, 11) is 0. The molecule has 2 aromatic carbocycles. The molecule has 5 rings (SSSR count). The second kappa shape index (κ2) is 8.00. The summed E-state index contributed by atoms with van der Waals surface area (Å²) in [6.45, 7) is 2.01. The van der Waals surface area contributed by atoms with Gasteiger partial charge in [0.05, 0.1) is 18.7 Å². The van der Waals surface area contributed by atoms with E-state index in [2.05, 4.69) is 11.4 Å². The number of aliphatic hydroxyl groups is 1. The van der Waals surface area contributed by atoms with Crippen molar-refractivity contribution in [1.82, 2.24) is 4.90 Å². The molecule has 5 nitrogen and oxygen atoms in total. The number of hydrogen-bond acceptors (Lipinski definition) is 4. The molecule has 0 unspecified atom stereocenters. The lowest BCUT2D eigenvalue weighted by molar-refractivity contribution is -0.140. The maximum atomic E-state index is 13.8. The van der Waals surface area contributed by atoms with E-state index in [1.54, 1.807) is 6.07 Å². The predicted molar refractivity (Wildman–Crippen MR) is 112 cm³/mol. The molecule has 30 heavy (non-hydrogen) atoms. The Morgan fingerprint density at radius 3 is 2.70 bits per heavy atom. The molecule has 0 spiro atoms. The van der Waals surface area contributed by atoms with E-state index < -0.39 is 0 Å². The lowest BCUT2D eigenvalue weighted by Gasteiger charge is -2.40. The fraction of sp³-hybridized carbons (Fsp3) is 0.458. The standard InChI is InChI=1S/C24H27FN2O3/c25-18-3-1-2-16(12-18)17-4-5-21-20(13-17)23-19(22(14-28)26-21)6-9-27(23)24(29)15-7-10-30-11-8-15/h1-5,12-13,15,19,22-23,26,28H,6-11,14H2/t19-,22+,23+/m0/s1. The normalized spacial score (nSPS) is 26.1. The zero-order chi connectivity index (χ0) is 20.7. The molecule has 3 heterocycles. The van der Waals surface area contributed by atoms with Crippen LogP contribution in [0.15, 0.2) is 42.5 Å². The number of carbonyl (C=O) groups excluding carboxylic acids is 1. The van der Waals surface area contributed by atoms with Crippen LogP contribution in [0.2, 0.25) is 0 Å². The first-order valence-corrected chi connectivity index (χ1v) is 10.8. The average molecular weight is 410 g/mol. The number of aliphatic hydroxyl groups excluding tert-OH is 1. The number of anilines is 1. The third-order valence-corrected chi connectivity index (χ3v) is 6.88. The Hall–Kier alpha value is -2.44. The fourth-order valence-electron chi connectivity index (χ4n) is 5.34. The molecule has 0 aromatic heterocycles. The summed E-state index contributed by atoms with van der Waals surface area (Å²) < 4.78 is 19.2. The van der Waals surface area contributed by atoms with E-state index in [0.29, 0.717) is 19.8 Å². The topological polar surface area (TPSA) is 61.8 Å². The van der Waals surface area contributed by atoms with Crippen LogP contribution >= 0.6 is 0 Å². The van der Waals surface area contributed by atoms with Crippen molar-refractivity contribution in [2.75, 3.05) is 31.7 Å². The summed E-state index contributed by atoms with van der Waals surface area (Å²) in [4.78, 5) is 15.4. The molecule has 1 amide bonds. The number of likely N-dealkylation sites (tertiary alicyclic amines) is 1. The van der Waals surface area contributed by atoms with Gasteiger partial charge in [-0.1, -0.05) is 18.2 Å². The van der Waals surface area contributed by atoms with Crippen molar-refractivity contribution in [3.8, 4) is 11.1 Å². The SMILES string of the molecule is O=C(C1CCOCC1)N1CC[C@H]2[C@@H](CO)Nc3ccc(-c4cccc(F)c4)cc3[C@@H]21. The molecule has 6 heteroatoms. The van der Waals surface area contributed by atoms with Crippen LogP contribution in [-0.4, -0.2) is 48.3 Å². The highest BCUT2D eigenvalue weighted by atomic mass is 19.1. The summed E-state index contributed by atoms with van der Waals surface area (Å²) in [5.74, 6) is 0.106. The van der Waals surface area contributed by atoms with Crippen molar-refractivity contribution in [2.24, 2.45) is 11.8 Å². The van der Waals surface area contributed by atoms with E-state index in [1.165, 1.54) is 12.1 Å². The van der Waals surface area contributed by atoms with Crippen LogP contribution in [0.1, 0.15) is 30.9 Å². The van der Waals surface area contributed by atoms with Crippen LogP contribution in [0.25, 0.3) is 11.1 Å². The van der Waals surface area contributed by atoms with Gasteiger partial charge in [0.25, 0.3) is 0 Å². The van der Waals surface area contributed by atoms with Crippen molar-refractivity contribution in [1.29, 1.82) is 0 Å². The van der Waals surface area contributed by atoms with Crippen molar-refractivity contribution in [3.05, 3.63) is 53.8 Å². The molecule has 2 saturated heterocycles. The lowest BCUT2D eigenvalue weighted by Crippen LogP contribution is -2.44. The number of amides is 1. The van der Waals surface area contributed by atoms with Crippen molar-refractivity contribution >= 4 is 11.6 Å². The first-order valence-electron chi connectivity index (χ1n) is 10.8. The summed E-state index contributed by atoms with van der Waals surface area (Å²) in [6, 6.07) is 12.5. The molecular formula is C24H27FN2O3. The highest BCUT2D eigenvalue weighted by Gasteiger charge is 2.46. The second-order valence-electron chi connectivity index (χ2n) is 8.56. The van der Waals surface area contributed by atoms with Gasteiger partial charge < -0.3 is 20.1 Å². The average Bonchev–Trinajstić information content (AvgIpc) is 3.24. The van der Waals surface area contributed by atoms with Crippen LogP contribution < -0.4 is 5.32 Å². The number of rotatable bonds is 3. The van der Waals surface area contributed by atoms with Crippen LogP contribution in [-0.2, 0) is 9.53 Å². The number of hydrogen-bond donors (Lipinski definition) is 2. The summed E-state index contributed by atoms with van der Waals surface area (Å²) in [5.41, 5.74) is 3.76. The quantitative estimate of drug-likeness (QED) is 0.812. The van der Waals surface area contributed by atoms with Crippen LogP contribution in [0.4, 0.5) is 10.1 Å². The number of benzene rings is 2. The summed E-state index contributed by atoms with van der Waals surface area (Å²) in [6.07, 6.45) is 2.40. The van der Waals surface area contributed by atoms with E-state index in [9.17, 15) is 14.3 Å². The predicted octanol–water partition coefficient (Wildman–Crippen LogP) is 3.60. The number of nitrogens with one attached hydrogen (secondary N) is 1. The Bertz CT molecular complexity index is 944. The molecule has 0 aliphatic carbocycles. The van der Waals surface area contributed by atoms with E-state index in [0.717, 1.165) is 41.6 Å². The Morgan fingerprint density at radius 2 is 1.93 bits per heavy atom. The third kappa shape index (κ3) is 3.38. The molecular weight excluding hydrogens is 383 g/mol. The van der Waals surface area contributed by atoms with Crippen molar-refractivity contribution in [3.63, 3.8) is 0 Å². The number of ether oxygens (including phenoxy) is 1.